The molecule has 1 saturated heterocycles. The predicted molar refractivity (Wildman–Crippen MR) is 74.5 cm³/mol. The smallest absolute Gasteiger partial charge is 0.243 e. The third kappa shape index (κ3) is 2.62. The van der Waals surface area contributed by atoms with Gasteiger partial charge >= 0.3 is 0 Å². The molecule has 0 spiro atoms. The summed E-state index contributed by atoms with van der Waals surface area (Å²) in [4.78, 5) is 4.34. The first-order chi connectivity index (χ1) is 8.55. The number of hydrogen-bond donors (Lipinski definition) is 1. The van der Waals surface area contributed by atoms with Gasteiger partial charge in [-0.2, -0.15) is 16.1 Å². The van der Waals surface area contributed by atoms with Gasteiger partial charge in [-0.05, 0) is 13.0 Å². The number of rotatable bonds is 3. The van der Waals surface area contributed by atoms with E-state index in [1.54, 1.807) is 35.2 Å². The van der Waals surface area contributed by atoms with E-state index < -0.39 is 10.0 Å². The Morgan fingerprint density at radius 2 is 2.33 bits per heavy atom. The normalized spacial score (nSPS) is 21.8. The van der Waals surface area contributed by atoms with E-state index in [-0.39, 0.29) is 6.04 Å². The molecule has 100 valence electrons. The van der Waals surface area contributed by atoms with Gasteiger partial charge in [0.1, 0.15) is 5.82 Å². The summed E-state index contributed by atoms with van der Waals surface area (Å²) in [6.07, 6.45) is 1.52. The minimum Gasteiger partial charge on any atom is -0.373 e. The van der Waals surface area contributed by atoms with Gasteiger partial charge in [-0.3, -0.25) is 0 Å². The van der Waals surface area contributed by atoms with Crippen LogP contribution in [0.4, 0.5) is 5.82 Å². The average Bonchev–Trinajstić information content (AvgIpc) is 2.39. The van der Waals surface area contributed by atoms with Gasteiger partial charge in [0.25, 0.3) is 0 Å². The Balaban J connectivity index is 2.34. The largest absolute Gasteiger partial charge is 0.373 e. The fourth-order valence-electron chi connectivity index (χ4n) is 1.91. The highest BCUT2D eigenvalue weighted by Crippen LogP contribution is 2.25. The SMILES string of the molecule is CNc1cc(S(=O)(=O)N2CCSCC2C)ccn1. The van der Waals surface area contributed by atoms with Crippen LogP contribution in [0, 0.1) is 0 Å². The second-order valence-electron chi connectivity index (χ2n) is 4.17. The molecule has 1 N–H and O–H groups in total. The Morgan fingerprint density at radius 1 is 1.56 bits per heavy atom. The van der Waals surface area contributed by atoms with Crippen LogP contribution < -0.4 is 5.32 Å². The first-order valence-corrected chi connectivity index (χ1v) is 8.38. The molecular weight excluding hydrogens is 270 g/mol. The lowest BCUT2D eigenvalue weighted by molar-refractivity contribution is 0.367. The highest BCUT2D eigenvalue weighted by Gasteiger charge is 2.31. The Kier molecular flexibility index (Phi) is 4.14. The molecule has 1 atom stereocenters. The summed E-state index contributed by atoms with van der Waals surface area (Å²) in [5.74, 6) is 2.27. The van der Waals surface area contributed by atoms with Crippen LogP contribution in [0.5, 0.6) is 0 Å². The lowest BCUT2D eigenvalue weighted by Gasteiger charge is -2.31. The molecular formula is C11H17N3O2S2. The van der Waals surface area contributed by atoms with Crippen LogP contribution in [0.15, 0.2) is 23.2 Å². The van der Waals surface area contributed by atoms with Crippen LogP contribution in [0.3, 0.4) is 0 Å². The molecule has 5 nitrogen and oxygen atoms in total. The molecule has 1 fully saturated rings. The van der Waals surface area contributed by atoms with E-state index >= 15 is 0 Å². The molecule has 2 rings (SSSR count). The maximum absolute atomic E-state index is 12.5. The molecule has 1 aliphatic heterocycles. The van der Waals surface area contributed by atoms with Crippen LogP contribution >= 0.6 is 11.8 Å². The average molecular weight is 287 g/mol. The molecule has 0 aliphatic carbocycles. The Morgan fingerprint density at radius 3 is 3.00 bits per heavy atom. The van der Waals surface area contributed by atoms with E-state index in [1.165, 1.54) is 6.20 Å². The lowest BCUT2D eigenvalue weighted by atomic mass is 10.4. The second-order valence-corrected chi connectivity index (χ2v) is 7.21. The molecule has 0 bridgehead atoms. The van der Waals surface area contributed by atoms with E-state index in [9.17, 15) is 8.42 Å². The third-order valence-electron chi connectivity index (χ3n) is 2.90. The molecule has 1 unspecified atom stereocenters. The predicted octanol–water partition coefficient (Wildman–Crippen LogP) is 1.25. The van der Waals surface area contributed by atoms with E-state index in [0.29, 0.717) is 17.3 Å². The first-order valence-electron chi connectivity index (χ1n) is 5.79. The highest BCUT2D eigenvalue weighted by atomic mass is 32.2. The van der Waals surface area contributed by atoms with Gasteiger partial charge in [0.05, 0.1) is 4.90 Å². The van der Waals surface area contributed by atoms with Gasteiger partial charge in [0.15, 0.2) is 0 Å². The number of anilines is 1. The zero-order valence-electron chi connectivity index (χ0n) is 10.5. The number of pyridine rings is 1. The summed E-state index contributed by atoms with van der Waals surface area (Å²) >= 11 is 1.79. The lowest BCUT2D eigenvalue weighted by Crippen LogP contribution is -2.44. The first kappa shape index (κ1) is 13.6. The zero-order chi connectivity index (χ0) is 13.2. The summed E-state index contributed by atoms with van der Waals surface area (Å²) < 4.78 is 26.6. The minimum absolute atomic E-state index is 0.0416. The molecule has 1 aliphatic rings. The number of nitrogens with zero attached hydrogens (tertiary/aromatic N) is 2. The van der Waals surface area contributed by atoms with Gasteiger partial charge in [0.2, 0.25) is 10.0 Å². The van der Waals surface area contributed by atoms with Crippen LogP contribution in [-0.2, 0) is 10.0 Å². The number of sulfonamides is 1. The fraction of sp³-hybridized carbons (Fsp3) is 0.545. The monoisotopic (exact) mass is 287 g/mol. The molecule has 7 heteroatoms. The van der Waals surface area contributed by atoms with Crippen molar-refractivity contribution in [1.82, 2.24) is 9.29 Å². The van der Waals surface area contributed by atoms with Crippen molar-refractivity contribution in [3.05, 3.63) is 18.3 Å². The molecule has 18 heavy (non-hydrogen) atoms. The van der Waals surface area contributed by atoms with Crippen molar-refractivity contribution >= 4 is 27.6 Å². The maximum Gasteiger partial charge on any atom is 0.243 e. The van der Waals surface area contributed by atoms with Crippen molar-refractivity contribution < 1.29 is 8.42 Å². The van der Waals surface area contributed by atoms with Gasteiger partial charge in [0, 0.05) is 43.4 Å². The molecule has 2 heterocycles. The highest BCUT2D eigenvalue weighted by molar-refractivity contribution is 7.99. The minimum atomic E-state index is -3.40. The quantitative estimate of drug-likeness (QED) is 0.906. The molecule has 1 aromatic rings. The number of thioether (sulfide) groups is 1. The van der Waals surface area contributed by atoms with Crippen LogP contribution in [-0.4, -0.2) is 48.8 Å². The summed E-state index contributed by atoms with van der Waals surface area (Å²) in [5.41, 5.74) is 0. The Hall–Kier alpha value is -0.790. The Bertz CT molecular complexity index is 519. The van der Waals surface area contributed by atoms with Crippen LogP contribution in [0.1, 0.15) is 6.92 Å². The van der Waals surface area contributed by atoms with Gasteiger partial charge in [-0.1, -0.05) is 0 Å². The summed E-state index contributed by atoms with van der Waals surface area (Å²) in [7, 11) is -1.68. The molecule has 1 aromatic heterocycles. The van der Waals surface area contributed by atoms with Crippen molar-refractivity contribution in [2.24, 2.45) is 0 Å². The number of hydrogen-bond acceptors (Lipinski definition) is 5. The van der Waals surface area contributed by atoms with Crippen LogP contribution in [0.2, 0.25) is 0 Å². The van der Waals surface area contributed by atoms with Gasteiger partial charge in [-0.25, -0.2) is 13.4 Å². The molecule has 0 saturated carbocycles. The van der Waals surface area contributed by atoms with Crippen molar-refractivity contribution in [2.45, 2.75) is 17.9 Å². The van der Waals surface area contributed by atoms with E-state index in [0.717, 1.165) is 11.5 Å². The third-order valence-corrected chi connectivity index (χ3v) is 6.10. The zero-order valence-corrected chi connectivity index (χ0v) is 12.1. The van der Waals surface area contributed by atoms with Crippen molar-refractivity contribution in [3.8, 4) is 0 Å². The van der Waals surface area contributed by atoms with Crippen molar-refractivity contribution in [3.63, 3.8) is 0 Å². The van der Waals surface area contributed by atoms with E-state index in [1.807, 2.05) is 6.92 Å². The molecule has 0 amide bonds. The maximum atomic E-state index is 12.5. The van der Waals surface area contributed by atoms with Gasteiger partial charge < -0.3 is 5.32 Å². The van der Waals surface area contributed by atoms with Gasteiger partial charge in [-0.15, -0.1) is 0 Å². The molecule has 0 radical (unpaired) electrons. The summed E-state index contributed by atoms with van der Waals surface area (Å²) in [5, 5.41) is 2.86. The Labute approximate surface area is 112 Å². The summed E-state index contributed by atoms with van der Waals surface area (Å²) in [6.45, 7) is 2.52. The topological polar surface area (TPSA) is 62.3 Å². The van der Waals surface area contributed by atoms with Crippen molar-refractivity contribution in [2.75, 3.05) is 30.4 Å². The fourth-order valence-corrected chi connectivity index (χ4v) is 4.78. The molecule has 0 aromatic carbocycles. The second kappa shape index (κ2) is 5.46. The standard InChI is InChI=1S/C11H17N3O2S2/c1-9-8-17-6-5-14(9)18(15,16)10-3-4-13-11(7-10)12-2/h3-4,7,9H,5-6,8H2,1-2H3,(H,12,13). The van der Waals surface area contributed by atoms with Crippen molar-refractivity contribution in [1.29, 1.82) is 0 Å². The van der Waals surface area contributed by atoms with E-state index in [2.05, 4.69) is 10.3 Å². The summed E-state index contributed by atoms with van der Waals surface area (Å²) in [6, 6.07) is 3.16. The number of aromatic nitrogens is 1. The number of nitrogens with one attached hydrogen (secondary N) is 1. The van der Waals surface area contributed by atoms with Crippen LogP contribution in [0.25, 0.3) is 0 Å². The van der Waals surface area contributed by atoms with E-state index in [4.69, 9.17) is 0 Å².